The van der Waals surface area contributed by atoms with Crippen LogP contribution in [0.1, 0.15) is 0 Å². The number of anilines is 1. The summed E-state index contributed by atoms with van der Waals surface area (Å²) in [6.45, 7) is 4.25. The third-order valence-corrected chi connectivity index (χ3v) is 1.87. The molecule has 1 aromatic heterocycles. The van der Waals surface area contributed by atoms with Gasteiger partial charge in [-0.05, 0) is 22.6 Å². The van der Waals surface area contributed by atoms with Gasteiger partial charge in [0.1, 0.15) is 0 Å². The van der Waals surface area contributed by atoms with Crippen molar-refractivity contribution in [3.8, 4) is 5.69 Å². The van der Waals surface area contributed by atoms with E-state index in [1.807, 2.05) is 30.3 Å². The van der Waals surface area contributed by atoms with E-state index in [0.717, 1.165) is 5.69 Å². The minimum atomic E-state index is 0.612. The van der Waals surface area contributed by atoms with Gasteiger partial charge in [0.2, 0.25) is 5.95 Å². The van der Waals surface area contributed by atoms with Crippen LogP contribution in [0, 0.1) is 0 Å². The molecule has 15 heavy (non-hydrogen) atoms. The summed E-state index contributed by atoms with van der Waals surface area (Å²) in [6.07, 6.45) is 1.75. The normalized spacial score (nSPS) is 9.87. The Morgan fingerprint density at radius 3 is 2.87 bits per heavy atom. The van der Waals surface area contributed by atoms with Crippen molar-refractivity contribution in [3.63, 3.8) is 0 Å². The average Bonchev–Trinajstić information content (AvgIpc) is 2.75. The van der Waals surface area contributed by atoms with E-state index in [4.69, 9.17) is 0 Å². The lowest BCUT2D eigenvalue weighted by molar-refractivity contribution is 0.790. The highest BCUT2D eigenvalue weighted by atomic mass is 15.6. The molecule has 0 fully saturated rings. The number of rotatable bonds is 4. The van der Waals surface area contributed by atoms with Gasteiger partial charge in [-0.25, -0.2) is 0 Å². The molecule has 2 aromatic rings. The number of tetrazole rings is 1. The van der Waals surface area contributed by atoms with Crippen LogP contribution in [0.4, 0.5) is 5.95 Å². The second-order valence-electron chi connectivity index (χ2n) is 2.92. The fourth-order valence-corrected chi connectivity index (χ4v) is 1.20. The minimum absolute atomic E-state index is 0.612. The zero-order chi connectivity index (χ0) is 10.5. The van der Waals surface area contributed by atoms with Crippen molar-refractivity contribution >= 4 is 5.95 Å². The van der Waals surface area contributed by atoms with Crippen LogP contribution in [-0.2, 0) is 0 Å². The molecule has 0 radical (unpaired) electrons. The zero-order valence-corrected chi connectivity index (χ0v) is 8.17. The van der Waals surface area contributed by atoms with Gasteiger partial charge >= 0.3 is 0 Å². The molecule has 1 heterocycles. The summed E-state index contributed by atoms with van der Waals surface area (Å²) in [4.78, 5) is 0. The molecular weight excluding hydrogens is 190 g/mol. The van der Waals surface area contributed by atoms with Crippen molar-refractivity contribution < 1.29 is 0 Å². The summed E-state index contributed by atoms with van der Waals surface area (Å²) >= 11 is 0. The van der Waals surface area contributed by atoms with Crippen LogP contribution >= 0.6 is 0 Å². The van der Waals surface area contributed by atoms with Crippen LogP contribution < -0.4 is 5.32 Å². The first-order valence-electron chi connectivity index (χ1n) is 4.60. The molecule has 0 saturated heterocycles. The maximum Gasteiger partial charge on any atom is 0.247 e. The number of para-hydroxylation sites is 1. The molecule has 5 nitrogen and oxygen atoms in total. The Kier molecular flexibility index (Phi) is 2.73. The number of aromatic nitrogens is 4. The van der Waals surface area contributed by atoms with Crippen molar-refractivity contribution in [1.29, 1.82) is 0 Å². The molecule has 5 heteroatoms. The standard InChI is InChI=1S/C10H11N5/c1-2-8-11-10-12-13-14-15(10)9-6-4-3-5-7-9/h2-7H,1,8H2,(H,11,12,14). The van der Waals surface area contributed by atoms with Gasteiger partial charge < -0.3 is 5.32 Å². The maximum atomic E-state index is 3.90. The van der Waals surface area contributed by atoms with Crippen LogP contribution in [0.2, 0.25) is 0 Å². The monoisotopic (exact) mass is 201 g/mol. The first-order valence-corrected chi connectivity index (χ1v) is 4.60. The minimum Gasteiger partial charge on any atom is -0.349 e. The number of benzene rings is 1. The van der Waals surface area contributed by atoms with E-state index in [-0.39, 0.29) is 0 Å². The molecule has 0 aliphatic rings. The van der Waals surface area contributed by atoms with Crippen LogP contribution in [0.5, 0.6) is 0 Å². The fourth-order valence-electron chi connectivity index (χ4n) is 1.20. The van der Waals surface area contributed by atoms with E-state index in [9.17, 15) is 0 Å². The van der Waals surface area contributed by atoms with Gasteiger partial charge in [0.25, 0.3) is 0 Å². The van der Waals surface area contributed by atoms with E-state index >= 15 is 0 Å². The highest BCUT2D eigenvalue weighted by Crippen LogP contribution is 2.09. The second kappa shape index (κ2) is 4.36. The highest BCUT2D eigenvalue weighted by molar-refractivity contribution is 5.38. The van der Waals surface area contributed by atoms with E-state index in [2.05, 4.69) is 27.4 Å². The maximum absolute atomic E-state index is 3.90. The lowest BCUT2D eigenvalue weighted by atomic mass is 10.3. The summed E-state index contributed by atoms with van der Waals surface area (Å²) in [5, 5.41) is 14.4. The largest absolute Gasteiger partial charge is 0.349 e. The predicted molar refractivity (Wildman–Crippen MR) is 57.8 cm³/mol. The summed E-state index contributed by atoms with van der Waals surface area (Å²) in [5.41, 5.74) is 0.925. The van der Waals surface area contributed by atoms with Gasteiger partial charge in [0, 0.05) is 6.54 Å². The second-order valence-corrected chi connectivity index (χ2v) is 2.92. The van der Waals surface area contributed by atoms with Gasteiger partial charge in [0.05, 0.1) is 5.69 Å². The predicted octanol–water partition coefficient (Wildman–Crippen LogP) is 1.26. The van der Waals surface area contributed by atoms with Crippen molar-refractivity contribution in [1.82, 2.24) is 20.2 Å². The molecule has 2 rings (SSSR count). The van der Waals surface area contributed by atoms with Crippen LogP contribution in [0.3, 0.4) is 0 Å². The zero-order valence-electron chi connectivity index (χ0n) is 8.17. The van der Waals surface area contributed by atoms with Crippen LogP contribution in [0.25, 0.3) is 5.69 Å². The van der Waals surface area contributed by atoms with Gasteiger partial charge in [0.15, 0.2) is 0 Å². The quantitative estimate of drug-likeness (QED) is 0.756. The SMILES string of the molecule is C=CCNc1nnnn1-c1ccccc1. The molecule has 76 valence electrons. The molecule has 0 spiro atoms. The van der Waals surface area contributed by atoms with Crippen molar-refractivity contribution in [2.24, 2.45) is 0 Å². The Balaban J connectivity index is 2.29. The Bertz CT molecular complexity index is 434. The molecule has 0 atom stereocenters. The first kappa shape index (κ1) is 9.39. The highest BCUT2D eigenvalue weighted by Gasteiger charge is 2.05. The molecule has 0 amide bonds. The number of hydrogen-bond acceptors (Lipinski definition) is 4. The number of hydrogen-bond donors (Lipinski definition) is 1. The molecule has 0 saturated carbocycles. The molecule has 1 aromatic carbocycles. The summed E-state index contributed by atoms with van der Waals surface area (Å²) < 4.78 is 1.64. The van der Waals surface area contributed by atoms with E-state index in [1.54, 1.807) is 10.8 Å². The molecular formula is C10H11N5. The third-order valence-electron chi connectivity index (χ3n) is 1.87. The van der Waals surface area contributed by atoms with Gasteiger partial charge in [-0.15, -0.1) is 6.58 Å². The molecule has 0 unspecified atom stereocenters. The van der Waals surface area contributed by atoms with Gasteiger partial charge in [-0.3, -0.25) is 0 Å². The topological polar surface area (TPSA) is 55.6 Å². The third kappa shape index (κ3) is 2.01. The molecule has 0 aliphatic carbocycles. The van der Waals surface area contributed by atoms with E-state index in [1.165, 1.54) is 0 Å². The number of nitrogens with one attached hydrogen (secondary N) is 1. The molecule has 1 N–H and O–H groups in total. The Morgan fingerprint density at radius 2 is 2.13 bits per heavy atom. The summed E-state index contributed by atoms with van der Waals surface area (Å²) in [7, 11) is 0. The van der Waals surface area contributed by atoms with Crippen LogP contribution in [-0.4, -0.2) is 26.8 Å². The Hall–Kier alpha value is -2.17. The smallest absolute Gasteiger partial charge is 0.247 e. The number of nitrogens with zero attached hydrogens (tertiary/aromatic N) is 4. The van der Waals surface area contributed by atoms with Gasteiger partial charge in [-0.1, -0.05) is 29.4 Å². The van der Waals surface area contributed by atoms with E-state index in [0.29, 0.717) is 12.5 Å². The lowest BCUT2D eigenvalue weighted by Crippen LogP contribution is -2.06. The van der Waals surface area contributed by atoms with Gasteiger partial charge in [-0.2, -0.15) is 4.68 Å². The average molecular weight is 201 g/mol. The van der Waals surface area contributed by atoms with Crippen molar-refractivity contribution in [3.05, 3.63) is 43.0 Å². The van der Waals surface area contributed by atoms with Crippen LogP contribution in [0.15, 0.2) is 43.0 Å². The summed E-state index contributed by atoms with van der Waals surface area (Å²) in [6, 6.07) is 9.71. The lowest BCUT2D eigenvalue weighted by Gasteiger charge is -2.04. The molecule has 0 aliphatic heterocycles. The fraction of sp³-hybridized carbons (Fsp3) is 0.100. The van der Waals surface area contributed by atoms with Crippen molar-refractivity contribution in [2.75, 3.05) is 11.9 Å². The summed E-state index contributed by atoms with van der Waals surface area (Å²) in [5.74, 6) is 0.612. The Labute approximate surface area is 87.4 Å². The van der Waals surface area contributed by atoms with Crippen molar-refractivity contribution in [2.45, 2.75) is 0 Å². The first-order chi connectivity index (χ1) is 7.42. The Morgan fingerprint density at radius 1 is 1.33 bits per heavy atom. The molecule has 0 bridgehead atoms. The van der Waals surface area contributed by atoms with E-state index < -0.39 is 0 Å².